The van der Waals surface area contributed by atoms with Gasteiger partial charge in [-0.25, -0.2) is 4.79 Å². The fourth-order valence-corrected chi connectivity index (χ4v) is 2.56. The van der Waals surface area contributed by atoms with Gasteiger partial charge in [-0.3, -0.25) is 4.90 Å². The van der Waals surface area contributed by atoms with Gasteiger partial charge >= 0.3 is 5.69 Å². The number of hydrogen-bond donors (Lipinski definition) is 3. The van der Waals surface area contributed by atoms with E-state index < -0.39 is 5.60 Å². The molecule has 0 radical (unpaired) electrons. The Hall–Kier alpha value is -1.59. The van der Waals surface area contributed by atoms with Crippen LogP contribution in [0.15, 0.2) is 23.0 Å². The van der Waals surface area contributed by atoms with Crippen LogP contribution in [0, 0.1) is 0 Å². The van der Waals surface area contributed by atoms with Crippen molar-refractivity contribution in [3.8, 4) is 0 Å². The average molecular weight is 249 g/mol. The predicted molar refractivity (Wildman–Crippen MR) is 71.6 cm³/mol. The van der Waals surface area contributed by atoms with Gasteiger partial charge in [0, 0.05) is 0 Å². The Balaban J connectivity index is 2.54. The van der Waals surface area contributed by atoms with Crippen LogP contribution in [-0.4, -0.2) is 39.7 Å². The molecule has 0 spiro atoms. The molecule has 18 heavy (non-hydrogen) atoms. The van der Waals surface area contributed by atoms with Crippen LogP contribution in [-0.2, 0) is 0 Å². The highest BCUT2D eigenvalue weighted by Crippen LogP contribution is 2.30. The number of H-pyrrole nitrogens is 2. The molecule has 0 saturated carbocycles. The molecule has 5 nitrogen and oxygen atoms in total. The van der Waals surface area contributed by atoms with Crippen LogP contribution in [0.2, 0.25) is 0 Å². The number of fused-ring (bicyclic) bond motifs is 1. The molecule has 0 aliphatic carbocycles. The predicted octanol–water partition coefficient (Wildman–Crippen LogP) is 1.23. The first kappa shape index (κ1) is 12.9. The Morgan fingerprint density at radius 2 is 1.83 bits per heavy atom. The fraction of sp³-hybridized carbons (Fsp3) is 0.462. The van der Waals surface area contributed by atoms with E-state index in [0.29, 0.717) is 0 Å². The lowest BCUT2D eigenvalue weighted by atomic mass is 9.91. The van der Waals surface area contributed by atoms with Gasteiger partial charge in [-0.05, 0) is 45.6 Å². The Morgan fingerprint density at radius 3 is 2.39 bits per heavy atom. The number of benzene rings is 1. The van der Waals surface area contributed by atoms with Crippen LogP contribution in [0.4, 0.5) is 0 Å². The molecule has 0 aliphatic heterocycles. The summed E-state index contributed by atoms with van der Waals surface area (Å²) >= 11 is 0. The number of nitrogens with one attached hydrogen (secondary N) is 2. The third-order valence-electron chi connectivity index (χ3n) is 3.04. The fourth-order valence-electron chi connectivity index (χ4n) is 2.56. The summed E-state index contributed by atoms with van der Waals surface area (Å²) < 4.78 is 0. The third-order valence-corrected chi connectivity index (χ3v) is 3.04. The quantitative estimate of drug-likeness (QED) is 0.766. The van der Waals surface area contributed by atoms with Crippen LogP contribution < -0.4 is 5.69 Å². The van der Waals surface area contributed by atoms with E-state index in [9.17, 15) is 9.90 Å². The summed E-state index contributed by atoms with van der Waals surface area (Å²) in [7, 11) is 3.85. The van der Waals surface area contributed by atoms with Gasteiger partial charge in [-0.15, -0.1) is 0 Å². The molecule has 0 aliphatic rings. The second-order valence-corrected chi connectivity index (χ2v) is 5.40. The van der Waals surface area contributed by atoms with Gasteiger partial charge in [0.1, 0.15) is 0 Å². The topological polar surface area (TPSA) is 72.1 Å². The maximum atomic E-state index is 11.2. The summed E-state index contributed by atoms with van der Waals surface area (Å²) in [5, 5.41) is 10.3. The molecule has 0 bridgehead atoms. The van der Waals surface area contributed by atoms with Crippen LogP contribution in [0.5, 0.6) is 0 Å². The minimum atomic E-state index is -0.867. The average Bonchev–Trinajstić information content (AvgIpc) is 2.54. The zero-order chi connectivity index (χ0) is 13.5. The van der Waals surface area contributed by atoms with E-state index in [1.54, 1.807) is 13.8 Å². The summed E-state index contributed by atoms with van der Waals surface area (Å²) in [5.74, 6) is 0. The Labute approximate surface area is 105 Å². The molecule has 98 valence electrons. The Bertz CT molecular complexity index is 604. The lowest BCUT2D eigenvalue weighted by Gasteiger charge is -2.35. The second-order valence-electron chi connectivity index (χ2n) is 5.40. The van der Waals surface area contributed by atoms with Crippen molar-refractivity contribution in [1.82, 2.24) is 14.9 Å². The lowest BCUT2D eigenvalue weighted by Crippen LogP contribution is -2.38. The molecule has 5 heteroatoms. The number of aromatic nitrogens is 2. The van der Waals surface area contributed by atoms with Gasteiger partial charge in [-0.2, -0.15) is 0 Å². The van der Waals surface area contributed by atoms with E-state index >= 15 is 0 Å². The van der Waals surface area contributed by atoms with Gasteiger partial charge in [0.25, 0.3) is 0 Å². The minimum Gasteiger partial charge on any atom is -0.388 e. The summed E-state index contributed by atoms with van der Waals surface area (Å²) in [4.78, 5) is 18.6. The van der Waals surface area contributed by atoms with Crippen molar-refractivity contribution in [2.24, 2.45) is 0 Å². The van der Waals surface area contributed by atoms with Crippen LogP contribution in [0.3, 0.4) is 0 Å². The van der Waals surface area contributed by atoms with Crippen molar-refractivity contribution >= 4 is 11.0 Å². The number of hydrogen-bond acceptors (Lipinski definition) is 3. The third kappa shape index (κ3) is 2.32. The summed E-state index contributed by atoms with van der Waals surface area (Å²) in [6.45, 7) is 3.56. The number of imidazole rings is 1. The van der Waals surface area contributed by atoms with E-state index in [4.69, 9.17) is 0 Å². The van der Waals surface area contributed by atoms with Gasteiger partial charge in [-0.1, -0.05) is 6.07 Å². The molecule has 3 N–H and O–H groups in total. The zero-order valence-electron chi connectivity index (χ0n) is 11.1. The Morgan fingerprint density at radius 1 is 1.22 bits per heavy atom. The normalized spacial score (nSPS) is 14.3. The summed E-state index contributed by atoms with van der Waals surface area (Å²) in [6, 6.07) is 5.54. The molecule has 1 heterocycles. The van der Waals surface area contributed by atoms with Crippen molar-refractivity contribution in [2.45, 2.75) is 25.5 Å². The summed E-state index contributed by atoms with van der Waals surface area (Å²) in [5.41, 5.74) is 1.42. The second kappa shape index (κ2) is 4.26. The molecule has 1 aromatic carbocycles. The standard InChI is InChI=1S/C13H19N3O2/c1-13(2,18)11(16(3)4)8-5-6-9-10(7-8)15-12(17)14-9/h5-7,11,18H,1-4H3,(H2,14,15,17). The van der Waals surface area contributed by atoms with Crippen molar-refractivity contribution in [2.75, 3.05) is 14.1 Å². The molecule has 0 fully saturated rings. The van der Waals surface area contributed by atoms with Crippen molar-refractivity contribution < 1.29 is 5.11 Å². The van der Waals surface area contributed by atoms with E-state index in [0.717, 1.165) is 16.6 Å². The van der Waals surface area contributed by atoms with Gasteiger partial charge in [0.15, 0.2) is 0 Å². The molecular weight excluding hydrogens is 230 g/mol. The SMILES string of the molecule is CN(C)C(c1ccc2[nH]c(=O)[nH]c2c1)C(C)(C)O. The van der Waals surface area contributed by atoms with E-state index in [1.165, 1.54) is 0 Å². The van der Waals surface area contributed by atoms with Crippen molar-refractivity contribution in [1.29, 1.82) is 0 Å². The Kier molecular flexibility index (Phi) is 3.04. The first-order chi connectivity index (χ1) is 8.29. The molecule has 1 aromatic heterocycles. The smallest absolute Gasteiger partial charge is 0.323 e. The van der Waals surface area contributed by atoms with Crippen molar-refractivity contribution in [3.05, 3.63) is 34.2 Å². The lowest BCUT2D eigenvalue weighted by molar-refractivity contribution is -0.00309. The molecule has 2 rings (SSSR count). The maximum absolute atomic E-state index is 11.2. The molecule has 0 amide bonds. The minimum absolute atomic E-state index is 0.139. The molecule has 0 saturated heterocycles. The molecular formula is C13H19N3O2. The number of aliphatic hydroxyl groups is 1. The zero-order valence-corrected chi connectivity index (χ0v) is 11.1. The van der Waals surface area contributed by atoms with E-state index in [1.807, 2.05) is 37.2 Å². The highest BCUT2D eigenvalue weighted by Gasteiger charge is 2.30. The van der Waals surface area contributed by atoms with E-state index in [-0.39, 0.29) is 11.7 Å². The number of rotatable bonds is 3. The molecule has 2 aromatic rings. The maximum Gasteiger partial charge on any atom is 0.323 e. The monoisotopic (exact) mass is 249 g/mol. The highest BCUT2D eigenvalue weighted by molar-refractivity contribution is 5.75. The van der Waals surface area contributed by atoms with Gasteiger partial charge in [0.2, 0.25) is 0 Å². The van der Waals surface area contributed by atoms with Crippen LogP contribution >= 0.6 is 0 Å². The van der Waals surface area contributed by atoms with Gasteiger partial charge in [0.05, 0.1) is 22.7 Å². The first-order valence-corrected chi connectivity index (χ1v) is 5.90. The van der Waals surface area contributed by atoms with Crippen molar-refractivity contribution in [3.63, 3.8) is 0 Å². The molecule has 1 atom stereocenters. The molecule has 1 unspecified atom stereocenters. The number of nitrogens with zero attached hydrogens (tertiary/aromatic N) is 1. The first-order valence-electron chi connectivity index (χ1n) is 5.90. The summed E-state index contributed by atoms with van der Waals surface area (Å²) in [6.07, 6.45) is 0. The van der Waals surface area contributed by atoms with Gasteiger partial charge < -0.3 is 15.1 Å². The number of aromatic amines is 2. The van der Waals surface area contributed by atoms with Crippen LogP contribution in [0.1, 0.15) is 25.5 Å². The highest BCUT2D eigenvalue weighted by atomic mass is 16.3. The van der Waals surface area contributed by atoms with E-state index in [2.05, 4.69) is 9.97 Å². The largest absolute Gasteiger partial charge is 0.388 e. The number of likely N-dealkylation sites (N-methyl/N-ethyl adjacent to an activating group) is 1. The van der Waals surface area contributed by atoms with Crippen LogP contribution in [0.25, 0.3) is 11.0 Å².